The highest BCUT2D eigenvalue weighted by molar-refractivity contribution is 5.94. The number of anilines is 3. The van der Waals surface area contributed by atoms with Crippen molar-refractivity contribution in [2.45, 2.75) is 44.7 Å². The van der Waals surface area contributed by atoms with E-state index in [-0.39, 0.29) is 34.5 Å². The maximum absolute atomic E-state index is 15.1. The van der Waals surface area contributed by atoms with Gasteiger partial charge in [0.25, 0.3) is 5.56 Å². The van der Waals surface area contributed by atoms with Gasteiger partial charge in [-0.1, -0.05) is 25.0 Å². The van der Waals surface area contributed by atoms with Crippen LogP contribution >= 0.6 is 0 Å². The molecule has 1 aliphatic carbocycles. The minimum absolute atomic E-state index is 0.0591. The number of nitrogens with zero attached hydrogens (tertiary/aromatic N) is 2. The number of nitrogens with two attached hydrogens (primary N) is 1. The summed E-state index contributed by atoms with van der Waals surface area (Å²) in [6.45, 7) is 1.97. The molecule has 8 heteroatoms. The van der Waals surface area contributed by atoms with E-state index in [1.165, 1.54) is 6.20 Å². The molecule has 2 atom stereocenters. The first kappa shape index (κ1) is 18.4. The highest BCUT2D eigenvalue weighted by Crippen LogP contribution is 2.30. The number of H-pyrrole nitrogens is 1. The first-order chi connectivity index (χ1) is 13.5. The first-order valence-corrected chi connectivity index (χ1v) is 9.45. The van der Waals surface area contributed by atoms with Crippen LogP contribution in [0, 0.1) is 12.7 Å². The number of hydrogen-bond acceptors (Lipinski definition) is 6. The topological polar surface area (TPSA) is 109 Å². The minimum Gasteiger partial charge on any atom is -0.363 e. The predicted octanol–water partition coefficient (Wildman–Crippen LogP) is 3.19. The molecular weight excluding hydrogens is 359 g/mol. The van der Waals surface area contributed by atoms with E-state index < -0.39 is 11.4 Å². The van der Waals surface area contributed by atoms with Gasteiger partial charge >= 0.3 is 0 Å². The van der Waals surface area contributed by atoms with Crippen molar-refractivity contribution in [3.05, 3.63) is 52.2 Å². The van der Waals surface area contributed by atoms with E-state index in [4.69, 9.17) is 5.73 Å². The Balaban J connectivity index is 1.80. The van der Waals surface area contributed by atoms with Crippen LogP contribution in [0.25, 0.3) is 10.8 Å². The van der Waals surface area contributed by atoms with Crippen molar-refractivity contribution in [2.24, 2.45) is 5.73 Å². The van der Waals surface area contributed by atoms with Crippen LogP contribution in [0.5, 0.6) is 0 Å². The van der Waals surface area contributed by atoms with Crippen LogP contribution in [0.3, 0.4) is 0 Å². The number of hydrogen-bond donors (Lipinski definition) is 4. The summed E-state index contributed by atoms with van der Waals surface area (Å²) in [5.41, 5.74) is 7.51. The van der Waals surface area contributed by atoms with Crippen molar-refractivity contribution in [3.8, 4) is 0 Å². The van der Waals surface area contributed by atoms with Gasteiger partial charge in [0.05, 0.1) is 17.0 Å². The van der Waals surface area contributed by atoms with Gasteiger partial charge < -0.3 is 16.4 Å². The Morgan fingerprint density at radius 1 is 1.25 bits per heavy atom. The number of aromatic amines is 1. The average molecular weight is 382 g/mol. The number of nitrogens with one attached hydrogen (secondary N) is 3. The van der Waals surface area contributed by atoms with Gasteiger partial charge in [0.15, 0.2) is 11.6 Å². The van der Waals surface area contributed by atoms with Crippen LogP contribution < -0.4 is 21.9 Å². The lowest BCUT2D eigenvalue weighted by Crippen LogP contribution is -2.43. The molecule has 2 aromatic heterocycles. The molecule has 0 amide bonds. The second-order valence-electron chi connectivity index (χ2n) is 7.30. The molecule has 1 aromatic carbocycles. The summed E-state index contributed by atoms with van der Waals surface area (Å²) >= 11 is 0. The molecule has 1 fully saturated rings. The third-order valence-corrected chi connectivity index (χ3v) is 5.18. The molecule has 1 saturated carbocycles. The zero-order valence-electron chi connectivity index (χ0n) is 15.6. The molecule has 5 N–H and O–H groups in total. The van der Waals surface area contributed by atoms with Gasteiger partial charge in [0.1, 0.15) is 5.82 Å². The van der Waals surface area contributed by atoms with Crippen LogP contribution in [-0.2, 0) is 0 Å². The highest BCUT2D eigenvalue weighted by Gasteiger charge is 2.25. The molecule has 2 heterocycles. The van der Waals surface area contributed by atoms with Crippen LogP contribution in [0.2, 0.25) is 0 Å². The van der Waals surface area contributed by atoms with Crippen LogP contribution in [0.4, 0.5) is 21.7 Å². The molecule has 1 aliphatic rings. The monoisotopic (exact) mass is 382 g/mol. The largest absolute Gasteiger partial charge is 0.363 e. The minimum atomic E-state index is -0.596. The normalized spacial score (nSPS) is 19.5. The Morgan fingerprint density at radius 2 is 2.07 bits per heavy atom. The average Bonchev–Trinajstić information content (AvgIpc) is 2.67. The Hall–Kier alpha value is -3.00. The Bertz CT molecular complexity index is 1070. The smallest absolute Gasteiger partial charge is 0.275 e. The lowest BCUT2D eigenvalue weighted by atomic mass is 9.91. The quantitative estimate of drug-likeness (QED) is 0.552. The second kappa shape index (κ2) is 7.55. The molecule has 7 nitrogen and oxygen atoms in total. The molecule has 0 saturated heterocycles. The first-order valence-electron chi connectivity index (χ1n) is 9.45. The lowest BCUT2D eigenvalue weighted by molar-refractivity contribution is 0.402. The SMILES string of the molecule is Cc1cccc(Nc2nc(NC3CCCCC3N)c(F)c3cn[nH]c(=O)c23)c1. The summed E-state index contributed by atoms with van der Waals surface area (Å²) in [6, 6.07) is 7.54. The Kier molecular flexibility index (Phi) is 4.95. The van der Waals surface area contributed by atoms with E-state index in [0.29, 0.717) is 0 Å². The molecule has 0 radical (unpaired) electrons. The van der Waals surface area contributed by atoms with E-state index in [2.05, 4.69) is 25.8 Å². The predicted molar refractivity (Wildman–Crippen MR) is 108 cm³/mol. The number of aryl methyl sites for hydroxylation is 1. The van der Waals surface area contributed by atoms with Crippen LogP contribution in [0.1, 0.15) is 31.2 Å². The standard InChI is InChI=1S/C20H23FN6O/c1-11-5-4-6-12(9-11)24-18-16-13(10-23-27-20(16)28)17(21)19(26-18)25-15-8-3-2-7-14(15)22/h4-6,9-10,14-15H,2-3,7-8,22H2,1H3,(H,27,28)(H2,24,25,26). The van der Waals surface area contributed by atoms with Gasteiger partial charge in [-0.05, 0) is 37.5 Å². The summed E-state index contributed by atoms with van der Waals surface area (Å²) in [6.07, 6.45) is 5.17. The fraction of sp³-hybridized carbons (Fsp3) is 0.350. The Labute approximate surface area is 161 Å². The number of benzene rings is 1. The summed E-state index contributed by atoms with van der Waals surface area (Å²) in [5, 5.41) is 12.7. The zero-order chi connectivity index (χ0) is 19.7. The summed E-state index contributed by atoms with van der Waals surface area (Å²) in [5.74, 6) is -0.240. The van der Waals surface area contributed by atoms with E-state index in [1.54, 1.807) is 0 Å². The summed E-state index contributed by atoms with van der Waals surface area (Å²) in [4.78, 5) is 16.8. The van der Waals surface area contributed by atoms with E-state index in [0.717, 1.165) is 36.9 Å². The van der Waals surface area contributed by atoms with Crippen molar-refractivity contribution in [1.82, 2.24) is 15.2 Å². The maximum atomic E-state index is 15.1. The van der Waals surface area contributed by atoms with Crippen LogP contribution in [-0.4, -0.2) is 27.3 Å². The third kappa shape index (κ3) is 3.55. The number of pyridine rings is 1. The van der Waals surface area contributed by atoms with E-state index in [1.807, 2.05) is 31.2 Å². The van der Waals surface area contributed by atoms with Gasteiger partial charge in [-0.25, -0.2) is 14.5 Å². The number of aromatic nitrogens is 3. The molecule has 4 rings (SSSR count). The van der Waals surface area contributed by atoms with Gasteiger partial charge in [0, 0.05) is 17.8 Å². The maximum Gasteiger partial charge on any atom is 0.275 e. The molecule has 28 heavy (non-hydrogen) atoms. The molecule has 2 unspecified atom stereocenters. The van der Waals surface area contributed by atoms with Crippen LogP contribution in [0.15, 0.2) is 35.3 Å². The number of halogens is 1. The van der Waals surface area contributed by atoms with Gasteiger partial charge in [-0.3, -0.25) is 4.79 Å². The summed E-state index contributed by atoms with van der Waals surface area (Å²) < 4.78 is 15.1. The second-order valence-corrected chi connectivity index (χ2v) is 7.30. The zero-order valence-corrected chi connectivity index (χ0v) is 15.6. The molecular formula is C20H23FN6O. The van der Waals surface area contributed by atoms with Crippen molar-refractivity contribution in [1.29, 1.82) is 0 Å². The fourth-order valence-corrected chi connectivity index (χ4v) is 3.70. The molecule has 146 valence electrons. The van der Waals surface area contributed by atoms with E-state index >= 15 is 4.39 Å². The molecule has 0 bridgehead atoms. The molecule has 3 aromatic rings. The van der Waals surface area contributed by atoms with Gasteiger partial charge in [-0.2, -0.15) is 5.10 Å². The van der Waals surface area contributed by atoms with E-state index in [9.17, 15) is 4.79 Å². The third-order valence-electron chi connectivity index (χ3n) is 5.18. The van der Waals surface area contributed by atoms with Crippen molar-refractivity contribution >= 4 is 28.1 Å². The molecule has 0 spiro atoms. The van der Waals surface area contributed by atoms with Crippen molar-refractivity contribution < 1.29 is 4.39 Å². The summed E-state index contributed by atoms with van der Waals surface area (Å²) in [7, 11) is 0. The number of fused-ring (bicyclic) bond motifs is 1. The number of rotatable bonds is 4. The van der Waals surface area contributed by atoms with Crippen molar-refractivity contribution in [3.63, 3.8) is 0 Å². The Morgan fingerprint density at radius 3 is 2.86 bits per heavy atom. The lowest BCUT2D eigenvalue weighted by Gasteiger charge is -2.30. The fourth-order valence-electron chi connectivity index (χ4n) is 3.70. The van der Waals surface area contributed by atoms with Gasteiger partial charge in [0.2, 0.25) is 0 Å². The van der Waals surface area contributed by atoms with Gasteiger partial charge in [-0.15, -0.1) is 0 Å². The van der Waals surface area contributed by atoms with Crippen molar-refractivity contribution in [2.75, 3.05) is 10.6 Å². The highest BCUT2D eigenvalue weighted by atomic mass is 19.1. The molecule has 0 aliphatic heterocycles.